The number of rotatable bonds is 10. The molecule has 1 saturated heterocycles. The predicted molar refractivity (Wildman–Crippen MR) is 156 cm³/mol. The van der Waals surface area contributed by atoms with Crippen LogP contribution >= 0.6 is 0 Å². The number of nitrogens with zero attached hydrogens (tertiary/aromatic N) is 2. The largest absolute Gasteiger partial charge is 0.507 e. The highest BCUT2D eigenvalue weighted by Gasteiger charge is 2.46. The van der Waals surface area contributed by atoms with E-state index in [0.717, 1.165) is 16.7 Å². The van der Waals surface area contributed by atoms with Crippen LogP contribution in [0.1, 0.15) is 33.9 Å². The lowest BCUT2D eigenvalue weighted by molar-refractivity contribution is -0.140. The highest BCUT2D eigenvalue weighted by Crippen LogP contribution is 2.40. The van der Waals surface area contributed by atoms with Gasteiger partial charge in [-0.15, -0.1) is 0 Å². The van der Waals surface area contributed by atoms with Crippen LogP contribution < -0.4 is 9.47 Å². The van der Waals surface area contributed by atoms with E-state index in [2.05, 4.69) is 17.6 Å². The molecule has 1 aliphatic rings. The second-order valence-corrected chi connectivity index (χ2v) is 9.76. The minimum absolute atomic E-state index is 0.0204. The van der Waals surface area contributed by atoms with E-state index in [9.17, 15) is 14.7 Å². The van der Waals surface area contributed by atoms with Gasteiger partial charge in [-0.05, 0) is 66.1 Å². The maximum absolute atomic E-state index is 13.4. The number of carbonyl (C=O) groups is 2. The van der Waals surface area contributed by atoms with Crippen molar-refractivity contribution in [2.45, 2.75) is 26.1 Å². The number of hydrogen-bond acceptors (Lipinski definition) is 6. The molecule has 0 radical (unpaired) electrons. The molecule has 0 spiro atoms. The molecule has 7 heteroatoms. The number of ketones is 1. The van der Waals surface area contributed by atoms with E-state index in [1.807, 2.05) is 31.2 Å². The topological polar surface area (TPSA) is 89.0 Å². The lowest BCUT2D eigenvalue weighted by Gasteiger charge is -2.25. The van der Waals surface area contributed by atoms with Crippen LogP contribution in [0.25, 0.3) is 5.76 Å². The third-order valence-electron chi connectivity index (χ3n) is 6.80. The third kappa shape index (κ3) is 6.20. The summed E-state index contributed by atoms with van der Waals surface area (Å²) in [5.74, 6) is -0.446. The van der Waals surface area contributed by atoms with Crippen LogP contribution in [0.3, 0.4) is 0 Å². The Bertz CT molecular complexity index is 1580. The Balaban J connectivity index is 1.46. The first-order valence-corrected chi connectivity index (χ1v) is 13.2. The van der Waals surface area contributed by atoms with Crippen molar-refractivity contribution < 1.29 is 24.2 Å². The van der Waals surface area contributed by atoms with Crippen molar-refractivity contribution in [1.82, 2.24) is 9.88 Å². The van der Waals surface area contributed by atoms with Crippen LogP contribution in [-0.4, -0.2) is 33.3 Å². The quantitative estimate of drug-likeness (QED) is 0.111. The number of benzene rings is 3. The highest BCUT2D eigenvalue weighted by atomic mass is 16.5. The molecule has 1 amide bonds. The summed E-state index contributed by atoms with van der Waals surface area (Å²) in [5.41, 5.74) is 4.06. The van der Waals surface area contributed by atoms with Crippen LogP contribution in [-0.2, 0) is 22.7 Å². The Morgan fingerprint density at radius 1 is 0.951 bits per heavy atom. The Kier molecular flexibility index (Phi) is 8.25. The molecule has 7 nitrogen and oxygen atoms in total. The van der Waals surface area contributed by atoms with Gasteiger partial charge in [0.05, 0.1) is 11.6 Å². The average molecular weight is 547 g/mol. The lowest BCUT2D eigenvalue weighted by atomic mass is 9.95. The van der Waals surface area contributed by atoms with Crippen molar-refractivity contribution in [2.24, 2.45) is 0 Å². The Labute approximate surface area is 239 Å². The fourth-order valence-corrected chi connectivity index (χ4v) is 4.81. The zero-order valence-corrected chi connectivity index (χ0v) is 22.7. The molecule has 0 aliphatic carbocycles. The first-order valence-electron chi connectivity index (χ1n) is 13.2. The summed E-state index contributed by atoms with van der Waals surface area (Å²) in [6, 6.07) is 24.8. The standard InChI is InChI=1S/C34H30N2O5/c1-3-18-40-28-13-9-26(10-14-28)31-30(33(38)34(39)36(31)21-25-8-5-17-35-20-25)32(37)27-11-15-29(16-12-27)41-22-24-7-4-6-23(2)19-24/h3-17,19-20,31,37H,1,18,21-22H2,2H3/b32-30+. The number of Topliss-reactive ketones (excluding diaryl/α,β-unsaturated/α-hetero) is 1. The first kappa shape index (κ1) is 27.4. The van der Waals surface area contributed by atoms with E-state index < -0.39 is 17.7 Å². The summed E-state index contributed by atoms with van der Waals surface area (Å²) in [6.07, 6.45) is 4.94. The Morgan fingerprint density at radius 3 is 2.34 bits per heavy atom. The molecule has 41 heavy (non-hydrogen) atoms. The smallest absolute Gasteiger partial charge is 0.295 e. The molecule has 1 aromatic heterocycles. The zero-order valence-electron chi connectivity index (χ0n) is 22.7. The van der Waals surface area contributed by atoms with E-state index in [1.165, 1.54) is 4.90 Å². The van der Waals surface area contributed by atoms with Gasteiger partial charge in [-0.1, -0.05) is 60.7 Å². The lowest BCUT2D eigenvalue weighted by Crippen LogP contribution is -2.29. The molecule has 4 aromatic rings. The van der Waals surface area contributed by atoms with E-state index in [0.29, 0.717) is 35.8 Å². The van der Waals surface area contributed by atoms with Gasteiger partial charge in [0.1, 0.15) is 30.5 Å². The minimum Gasteiger partial charge on any atom is -0.507 e. The first-order chi connectivity index (χ1) is 19.9. The number of aromatic nitrogens is 1. The van der Waals surface area contributed by atoms with E-state index in [-0.39, 0.29) is 17.9 Å². The monoisotopic (exact) mass is 546 g/mol. The Morgan fingerprint density at radius 2 is 1.66 bits per heavy atom. The van der Waals surface area contributed by atoms with Gasteiger partial charge < -0.3 is 19.5 Å². The summed E-state index contributed by atoms with van der Waals surface area (Å²) >= 11 is 0. The van der Waals surface area contributed by atoms with Crippen molar-refractivity contribution in [1.29, 1.82) is 0 Å². The third-order valence-corrected chi connectivity index (χ3v) is 6.80. The number of amides is 1. The van der Waals surface area contributed by atoms with Crippen LogP contribution in [0.4, 0.5) is 0 Å². The molecular weight excluding hydrogens is 516 g/mol. The van der Waals surface area contributed by atoms with E-state index in [1.54, 1.807) is 73.1 Å². The number of aliphatic hydroxyl groups is 1. The van der Waals surface area contributed by atoms with Gasteiger partial charge in [0.2, 0.25) is 0 Å². The summed E-state index contributed by atoms with van der Waals surface area (Å²) < 4.78 is 11.5. The van der Waals surface area contributed by atoms with E-state index >= 15 is 0 Å². The van der Waals surface area contributed by atoms with Crippen molar-refractivity contribution in [2.75, 3.05) is 6.61 Å². The molecule has 2 heterocycles. The van der Waals surface area contributed by atoms with Gasteiger partial charge in [0.15, 0.2) is 0 Å². The molecule has 5 rings (SSSR count). The molecule has 0 bridgehead atoms. The zero-order chi connectivity index (χ0) is 28.8. The highest BCUT2D eigenvalue weighted by molar-refractivity contribution is 6.46. The van der Waals surface area contributed by atoms with Crippen molar-refractivity contribution >= 4 is 17.4 Å². The molecule has 1 aliphatic heterocycles. The van der Waals surface area contributed by atoms with Crippen molar-refractivity contribution in [3.63, 3.8) is 0 Å². The number of aliphatic hydroxyl groups excluding tert-OH is 1. The fourth-order valence-electron chi connectivity index (χ4n) is 4.81. The molecule has 1 unspecified atom stereocenters. The molecule has 1 N–H and O–H groups in total. The van der Waals surface area contributed by atoms with Gasteiger partial charge in [-0.2, -0.15) is 0 Å². The van der Waals surface area contributed by atoms with Crippen molar-refractivity contribution in [3.05, 3.63) is 143 Å². The maximum atomic E-state index is 13.4. The number of hydrogen-bond donors (Lipinski definition) is 1. The van der Waals surface area contributed by atoms with Gasteiger partial charge >= 0.3 is 0 Å². The maximum Gasteiger partial charge on any atom is 0.295 e. The molecule has 3 aromatic carbocycles. The van der Waals surface area contributed by atoms with Crippen molar-refractivity contribution in [3.8, 4) is 11.5 Å². The number of likely N-dealkylation sites (tertiary alicyclic amines) is 1. The van der Waals surface area contributed by atoms with Gasteiger partial charge in [-0.25, -0.2) is 0 Å². The van der Waals surface area contributed by atoms with Crippen LogP contribution in [0, 0.1) is 6.92 Å². The normalized spacial score (nSPS) is 16.0. The molecular formula is C34H30N2O5. The molecule has 1 atom stereocenters. The van der Waals surface area contributed by atoms with Crippen LogP contribution in [0.15, 0.2) is 116 Å². The van der Waals surface area contributed by atoms with Crippen LogP contribution in [0.5, 0.6) is 11.5 Å². The van der Waals surface area contributed by atoms with Gasteiger partial charge in [0.25, 0.3) is 11.7 Å². The molecule has 1 fully saturated rings. The average Bonchev–Trinajstić information content (AvgIpc) is 3.24. The fraction of sp³-hybridized carbons (Fsp3) is 0.147. The second-order valence-electron chi connectivity index (χ2n) is 9.76. The molecule has 206 valence electrons. The van der Waals surface area contributed by atoms with Gasteiger partial charge in [0, 0.05) is 24.5 Å². The number of ether oxygens (including phenoxy) is 2. The minimum atomic E-state index is -0.805. The summed E-state index contributed by atoms with van der Waals surface area (Å²) in [4.78, 5) is 32.3. The van der Waals surface area contributed by atoms with E-state index in [4.69, 9.17) is 9.47 Å². The molecule has 0 saturated carbocycles. The summed E-state index contributed by atoms with van der Waals surface area (Å²) in [7, 11) is 0. The summed E-state index contributed by atoms with van der Waals surface area (Å²) in [6.45, 7) is 6.59. The number of carbonyl (C=O) groups excluding carboxylic acids is 2. The Hall–Kier alpha value is -5.17. The summed E-state index contributed by atoms with van der Waals surface area (Å²) in [5, 5.41) is 11.4. The van der Waals surface area contributed by atoms with Crippen LogP contribution in [0.2, 0.25) is 0 Å². The second kappa shape index (κ2) is 12.3. The SMILES string of the molecule is C=CCOc1ccc(C2/C(=C(\O)c3ccc(OCc4cccc(C)c4)cc3)C(=O)C(=O)N2Cc2cccnc2)cc1. The number of aryl methyl sites for hydroxylation is 1. The van der Waals surface area contributed by atoms with Gasteiger partial charge in [-0.3, -0.25) is 14.6 Å². The predicted octanol–water partition coefficient (Wildman–Crippen LogP) is 6.16. The number of pyridine rings is 1.